The van der Waals surface area contributed by atoms with E-state index in [1.165, 1.54) is 5.56 Å². The van der Waals surface area contributed by atoms with Crippen molar-refractivity contribution in [1.29, 1.82) is 0 Å². The van der Waals surface area contributed by atoms with Gasteiger partial charge in [-0.05, 0) is 68.9 Å². The van der Waals surface area contributed by atoms with Crippen LogP contribution >= 0.6 is 12.2 Å². The van der Waals surface area contributed by atoms with E-state index < -0.39 is 0 Å². The highest BCUT2D eigenvalue weighted by molar-refractivity contribution is 7.80. The molecule has 0 radical (unpaired) electrons. The molecule has 2 aromatic rings. The number of nitrogens with one attached hydrogen (secondary N) is 2. The number of aryl methyl sites for hydroxylation is 1. The van der Waals surface area contributed by atoms with Crippen molar-refractivity contribution in [2.45, 2.75) is 38.8 Å². The topological polar surface area (TPSA) is 42.5 Å². The Morgan fingerprint density at radius 2 is 2.04 bits per heavy atom. The fourth-order valence-corrected chi connectivity index (χ4v) is 3.46. The van der Waals surface area contributed by atoms with Crippen LogP contribution in [0.3, 0.4) is 0 Å². The third-order valence-corrected chi connectivity index (χ3v) is 4.63. The van der Waals surface area contributed by atoms with Crippen LogP contribution in [-0.2, 0) is 0 Å². The predicted molar refractivity (Wildman–Crippen MR) is 115 cm³/mol. The van der Waals surface area contributed by atoms with Gasteiger partial charge in [0.1, 0.15) is 23.7 Å². The van der Waals surface area contributed by atoms with Gasteiger partial charge in [0.05, 0.1) is 6.04 Å². The summed E-state index contributed by atoms with van der Waals surface area (Å²) in [4.78, 5) is 0. The molecule has 0 fully saturated rings. The first-order valence-electron chi connectivity index (χ1n) is 9.07. The molecule has 4 nitrogen and oxygen atoms in total. The largest absolute Gasteiger partial charge is 0.490 e. The smallest absolute Gasteiger partial charge is 0.171 e. The van der Waals surface area contributed by atoms with E-state index in [0.29, 0.717) is 11.7 Å². The van der Waals surface area contributed by atoms with Gasteiger partial charge in [-0.2, -0.15) is 0 Å². The Morgan fingerprint density at radius 1 is 1.30 bits per heavy atom. The zero-order valence-electron chi connectivity index (χ0n) is 16.0. The lowest BCUT2D eigenvalue weighted by Gasteiger charge is -2.38. The number of benzene rings is 2. The van der Waals surface area contributed by atoms with Gasteiger partial charge in [0.2, 0.25) is 0 Å². The van der Waals surface area contributed by atoms with Crippen molar-refractivity contribution in [3.8, 4) is 11.5 Å². The third kappa shape index (κ3) is 5.01. The van der Waals surface area contributed by atoms with E-state index in [4.69, 9.17) is 21.7 Å². The molecule has 5 heteroatoms. The average molecular weight is 383 g/mol. The maximum absolute atomic E-state index is 6.15. The number of anilines is 1. The van der Waals surface area contributed by atoms with E-state index in [1.54, 1.807) is 6.08 Å². The van der Waals surface area contributed by atoms with Gasteiger partial charge in [-0.1, -0.05) is 24.8 Å². The first-order valence-corrected chi connectivity index (χ1v) is 9.48. The van der Waals surface area contributed by atoms with E-state index in [-0.39, 0.29) is 11.6 Å². The number of thiocarbonyl (C=S) groups is 1. The molecule has 0 saturated heterocycles. The molecule has 27 heavy (non-hydrogen) atoms. The summed E-state index contributed by atoms with van der Waals surface area (Å²) in [5, 5.41) is 7.28. The van der Waals surface area contributed by atoms with E-state index in [0.717, 1.165) is 29.2 Å². The first kappa shape index (κ1) is 19.2. The van der Waals surface area contributed by atoms with E-state index in [2.05, 4.69) is 56.2 Å². The molecular weight excluding hydrogens is 356 g/mol. The molecule has 1 aliphatic heterocycles. The lowest BCUT2D eigenvalue weighted by Crippen LogP contribution is -2.42. The monoisotopic (exact) mass is 382 g/mol. The Hall–Kier alpha value is -2.53. The quantitative estimate of drug-likeness (QED) is 0.553. The van der Waals surface area contributed by atoms with E-state index >= 15 is 0 Å². The third-order valence-electron chi connectivity index (χ3n) is 4.41. The van der Waals surface area contributed by atoms with Crippen molar-refractivity contribution >= 4 is 23.0 Å². The molecule has 0 amide bonds. The van der Waals surface area contributed by atoms with Gasteiger partial charge in [-0.3, -0.25) is 0 Å². The van der Waals surface area contributed by atoms with E-state index in [1.807, 2.05) is 24.3 Å². The highest BCUT2D eigenvalue weighted by atomic mass is 32.1. The van der Waals surface area contributed by atoms with Gasteiger partial charge in [-0.25, -0.2) is 0 Å². The van der Waals surface area contributed by atoms with Gasteiger partial charge in [0.15, 0.2) is 5.11 Å². The van der Waals surface area contributed by atoms with Crippen molar-refractivity contribution in [1.82, 2.24) is 5.32 Å². The number of hydrogen-bond acceptors (Lipinski definition) is 3. The van der Waals surface area contributed by atoms with Crippen LogP contribution in [0.5, 0.6) is 11.5 Å². The Balaban J connectivity index is 1.68. The summed E-state index contributed by atoms with van der Waals surface area (Å²) in [6.07, 6.45) is 2.55. The Labute approximate surface area is 166 Å². The summed E-state index contributed by atoms with van der Waals surface area (Å²) in [7, 11) is 0. The van der Waals surface area contributed by atoms with Crippen LogP contribution in [0.25, 0.3) is 0 Å². The van der Waals surface area contributed by atoms with Crippen LogP contribution < -0.4 is 20.1 Å². The van der Waals surface area contributed by atoms with E-state index in [9.17, 15) is 0 Å². The van der Waals surface area contributed by atoms with Gasteiger partial charge in [0, 0.05) is 17.7 Å². The van der Waals surface area contributed by atoms with Crippen molar-refractivity contribution in [2.24, 2.45) is 0 Å². The van der Waals surface area contributed by atoms with Crippen LogP contribution in [0.4, 0.5) is 5.69 Å². The minimum atomic E-state index is -0.252. The number of hydrogen-bond donors (Lipinski definition) is 2. The second-order valence-electron chi connectivity index (χ2n) is 7.38. The van der Waals surface area contributed by atoms with Crippen LogP contribution in [0.1, 0.15) is 37.4 Å². The zero-order valence-corrected chi connectivity index (χ0v) is 16.9. The van der Waals surface area contributed by atoms with Gasteiger partial charge in [0.25, 0.3) is 0 Å². The van der Waals surface area contributed by atoms with Gasteiger partial charge >= 0.3 is 0 Å². The fourth-order valence-electron chi connectivity index (χ4n) is 3.20. The molecule has 1 aliphatic rings. The lowest BCUT2D eigenvalue weighted by atomic mass is 9.89. The van der Waals surface area contributed by atoms with Crippen molar-refractivity contribution in [3.63, 3.8) is 0 Å². The van der Waals surface area contributed by atoms with Crippen molar-refractivity contribution in [2.75, 3.05) is 11.9 Å². The molecule has 1 atom stereocenters. The average Bonchev–Trinajstić information content (AvgIpc) is 2.59. The molecule has 0 aliphatic carbocycles. The summed E-state index contributed by atoms with van der Waals surface area (Å²) >= 11 is 5.54. The molecule has 1 heterocycles. The molecule has 3 rings (SSSR count). The van der Waals surface area contributed by atoms with Gasteiger partial charge < -0.3 is 20.1 Å². The van der Waals surface area contributed by atoms with Gasteiger partial charge in [-0.15, -0.1) is 0 Å². The summed E-state index contributed by atoms with van der Waals surface area (Å²) in [6.45, 7) is 10.4. The second kappa shape index (κ2) is 8.01. The van der Waals surface area contributed by atoms with Crippen LogP contribution in [0.2, 0.25) is 0 Å². The maximum atomic E-state index is 6.15. The van der Waals surface area contributed by atoms with Crippen molar-refractivity contribution < 1.29 is 9.47 Å². The standard InChI is InChI=1S/C22H26N2O2S/c1-5-12-25-17-9-7-16(8-10-17)23-21(27)24-19-14-22(3,4)26-20-13-15(2)6-11-18(19)20/h5-11,13,19H,1,12,14H2,2-4H3,(H2,23,24,27)/t19-/m1/s1. The Morgan fingerprint density at radius 3 is 2.74 bits per heavy atom. The highest BCUT2D eigenvalue weighted by Crippen LogP contribution is 2.39. The minimum Gasteiger partial charge on any atom is -0.490 e. The van der Waals surface area contributed by atoms with Crippen LogP contribution in [0.15, 0.2) is 55.1 Å². The SMILES string of the molecule is C=CCOc1ccc(NC(=S)N[C@@H]2CC(C)(C)Oc3cc(C)ccc32)cc1. The molecular formula is C22H26N2O2S. The molecule has 2 N–H and O–H groups in total. The zero-order chi connectivity index (χ0) is 19.4. The second-order valence-corrected chi connectivity index (χ2v) is 7.79. The molecule has 0 unspecified atom stereocenters. The summed E-state index contributed by atoms with van der Waals surface area (Å²) in [5.74, 6) is 1.73. The fraction of sp³-hybridized carbons (Fsp3) is 0.318. The van der Waals surface area contributed by atoms with Crippen molar-refractivity contribution in [3.05, 3.63) is 66.2 Å². The molecule has 142 valence electrons. The molecule has 2 aromatic carbocycles. The first-order chi connectivity index (χ1) is 12.9. The number of rotatable bonds is 5. The maximum Gasteiger partial charge on any atom is 0.171 e. The number of fused-ring (bicyclic) bond motifs is 1. The normalized spacial score (nSPS) is 17.2. The predicted octanol–water partition coefficient (Wildman–Crippen LogP) is 5.15. The number of ether oxygens (including phenoxy) is 2. The minimum absolute atomic E-state index is 0.0968. The molecule has 0 spiro atoms. The molecule has 0 aromatic heterocycles. The molecule has 0 bridgehead atoms. The highest BCUT2D eigenvalue weighted by Gasteiger charge is 2.34. The van der Waals surface area contributed by atoms with Crippen LogP contribution in [-0.4, -0.2) is 17.3 Å². The van der Waals surface area contributed by atoms with Crippen LogP contribution in [0, 0.1) is 6.92 Å². The Bertz CT molecular complexity index is 831. The summed E-state index contributed by atoms with van der Waals surface area (Å²) in [6, 6.07) is 14.1. The Kier molecular flexibility index (Phi) is 5.71. The summed E-state index contributed by atoms with van der Waals surface area (Å²) in [5.41, 5.74) is 2.98. The molecule has 0 saturated carbocycles. The lowest BCUT2D eigenvalue weighted by molar-refractivity contribution is 0.0696. The summed E-state index contributed by atoms with van der Waals surface area (Å²) < 4.78 is 11.7.